The van der Waals surface area contributed by atoms with Gasteiger partial charge in [-0.2, -0.15) is 0 Å². The number of rotatable bonds is 3. The number of para-hydroxylation sites is 1. The Hall–Kier alpha value is -1.09. The molecule has 0 amide bonds. The fourth-order valence-electron chi connectivity index (χ4n) is 1.12. The molecule has 0 aliphatic carbocycles. The zero-order valence-electron chi connectivity index (χ0n) is 7.88. The molecule has 1 aromatic rings. The van der Waals surface area contributed by atoms with Crippen LogP contribution in [0.2, 0.25) is 0 Å². The van der Waals surface area contributed by atoms with Crippen molar-refractivity contribution in [2.45, 2.75) is 12.3 Å². The highest BCUT2D eigenvalue weighted by Crippen LogP contribution is 2.24. The lowest BCUT2D eigenvalue weighted by molar-refractivity contribution is 0.0988. The van der Waals surface area contributed by atoms with E-state index in [0.717, 1.165) is 0 Å². The van der Waals surface area contributed by atoms with E-state index < -0.39 is 11.2 Å². The van der Waals surface area contributed by atoms with Crippen LogP contribution in [0.25, 0.3) is 0 Å². The van der Waals surface area contributed by atoms with Crippen molar-refractivity contribution in [3.63, 3.8) is 0 Å². The fourth-order valence-corrected chi connectivity index (χ4v) is 1.24. The van der Waals surface area contributed by atoms with Gasteiger partial charge in [0.2, 0.25) is 0 Å². The average molecular weight is 217 g/mol. The van der Waals surface area contributed by atoms with E-state index in [0.29, 0.717) is 0 Å². The van der Waals surface area contributed by atoms with E-state index in [9.17, 15) is 9.18 Å². The molecule has 0 aromatic heterocycles. The fraction of sp³-hybridized carbons (Fsp3) is 0.300. The summed E-state index contributed by atoms with van der Waals surface area (Å²) in [4.78, 5) is 11.5. The highest BCUT2D eigenvalue weighted by molar-refractivity contribution is 6.33. The Bertz CT molecular complexity index is 350. The lowest BCUT2D eigenvalue weighted by atomic mass is 10.1. The summed E-state index contributed by atoms with van der Waals surface area (Å²) in [5.41, 5.74) is 0.176. The molecule has 76 valence electrons. The van der Waals surface area contributed by atoms with E-state index in [1.54, 1.807) is 0 Å². The number of ketones is 1. The molecule has 1 unspecified atom stereocenters. The number of halogens is 2. The Labute approximate surface area is 86.6 Å². The van der Waals surface area contributed by atoms with Gasteiger partial charge < -0.3 is 4.74 Å². The Kier molecular flexibility index (Phi) is 3.47. The van der Waals surface area contributed by atoms with Crippen molar-refractivity contribution in [2.75, 3.05) is 7.11 Å². The summed E-state index contributed by atoms with van der Waals surface area (Å²) in [6.07, 6.45) is 0. The summed E-state index contributed by atoms with van der Waals surface area (Å²) in [6, 6.07) is 4.17. The number of ether oxygens (including phenoxy) is 1. The lowest BCUT2D eigenvalue weighted by Gasteiger charge is -2.08. The zero-order valence-corrected chi connectivity index (χ0v) is 8.64. The zero-order chi connectivity index (χ0) is 10.7. The first kappa shape index (κ1) is 11.0. The SMILES string of the molecule is COc1c(F)cccc1C(=O)C(C)Cl. The van der Waals surface area contributed by atoms with Crippen LogP contribution in [0, 0.1) is 5.82 Å². The molecular weight excluding hydrogens is 207 g/mol. The summed E-state index contributed by atoms with van der Waals surface area (Å²) in [5.74, 6) is -0.955. The number of Topliss-reactive ketones (excluding diaryl/α,β-unsaturated/α-hetero) is 1. The Balaban J connectivity index is 3.20. The number of hydrogen-bond acceptors (Lipinski definition) is 2. The predicted molar refractivity (Wildman–Crippen MR) is 52.6 cm³/mol. The van der Waals surface area contributed by atoms with Crippen molar-refractivity contribution in [3.8, 4) is 5.75 Å². The maximum atomic E-state index is 13.2. The van der Waals surface area contributed by atoms with E-state index in [4.69, 9.17) is 16.3 Å². The molecule has 0 N–H and O–H groups in total. The molecule has 1 aromatic carbocycles. The van der Waals surface area contributed by atoms with Gasteiger partial charge in [-0.1, -0.05) is 6.07 Å². The highest BCUT2D eigenvalue weighted by atomic mass is 35.5. The van der Waals surface area contributed by atoms with Gasteiger partial charge in [0.05, 0.1) is 18.1 Å². The van der Waals surface area contributed by atoms with Crippen LogP contribution in [0.5, 0.6) is 5.75 Å². The molecule has 0 heterocycles. The minimum atomic E-state index is -0.689. The van der Waals surface area contributed by atoms with E-state index >= 15 is 0 Å². The second kappa shape index (κ2) is 4.42. The number of methoxy groups -OCH3 is 1. The van der Waals surface area contributed by atoms with Crippen molar-refractivity contribution in [1.29, 1.82) is 0 Å². The van der Waals surface area contributed by atoms with Gasteiger partial charge in [0.1, 0.15) is 0 Å². The normalized spacial score (nSPS) is 12.3. The van der Waals surface area contributed by atoms with Crippen molar-refractivity contribution in [2.24, 2.45) is 0 Å². The molecule has 1 rings (SSSR count). The van der Waals surface area contributed by atoms with Crippen molar-refractivity contribution in [1.82, 2.24) is 0 Å². The second-order valence-electron chi connectivity index (χ2n) is 2.80. The van der Waals surface area contributed by atoms with Crippen molar-refractivity contribution < 1.29 is 13.9 Å². The molecule has 0 spiro atoms. The number of hydrogen-bond donors (Lipinski definition) is 0. The third-order valence-electron chi connectivity index (χ3n) is 1.80. The highest BCUT2D eigenvalue weighted by Gasteiger charge is 2.19. The Morgan fingerprint density at radius 3 is 2.71 bits per heavy atom. The molecule has 1 atom stereocenters. The molecule has 0 radical (unpaired) electrons. The van der Waals surface area contributed by atoms with Crippen molar-refractivity contribution in [3.05, 3.63) is 29.6 Å². The van der Waals surface area contributed by atoms with Crippen LogP contribution in [0.3, 0.4) is 0 Å². The maximum Gasteiger partial charge on any atom is 0.184 e. The standard InChI is InChI=1S/C10H10ClFO2/c1-6(11)9(13)7-4-3-5-8(12)10(7)14-2/h3-6H,1-2H3. The first-order chi connectivity index (χ1) is 6.57. The molecule has 0 aliphatic rings. The maximum absolute atomic E-state index is 13.2. The number of carbonyl (C=O) groups excluding carboxylic acids is 1. The van der Waals surface area contributed by atoms with E-state index in [2.05, 4.69) is 0 Å². The summed E-state index contributed by atoms with van der Waals surface area (Å²) in [5, 5.41) is -0.689. The summed E-state index contributed by atoms with van der Waals surface area (Å²) >= 11 is 5.62. The van der Waals surface area contributed by atoms with Gasteiger partial charge in [-0.05, 0) is 19.1 Å². The van der Waals surface area contributed by atoms with E-state index in [-0.39, 0.29) is 17.1 Å². The molecule has 2 nitrogen and oxygen atoms in total. The minimum Gasteiger partial charge on any atom is -0.493 e. The van der Waals surface area contributed by atoms with Gasteiger partial charge in [-0.25, -0.2) is 4.39 Å². The van der Waals surface area contributed by atoms with Crippen LogP contribution >= 0.6 is 11.6 Å². The van der Waals surface area contributed by atoms with E-state index in [1.165, 1.54) is 32.2 Å². The van der Waals surface area contributed by atoms with Gasteiger partial charge in [0, 0.05) is 0 Å². The summed E-state index contributed by atoms with van der Waals surface area (Å²) in [6.45, 7) is 1.54. The smallest absolute Gasteiger partial charge is 0.184 e. The number of alkyl halides is 1. The van der Waals surface area contributed by atoms with Crippen molar-refractivity contribution >= 4 is 17.4 Å². The molecule has 0 saturated carbocycles. The third kappa shape index (κ3) is 2.04. The van der Waals surface area contributed by atoms with Gasteiger partial charge in [0.15, 0.2) is 17.3 Å². The lowest BCUT2D eigenvalue weighted by Crippen LogP contribution is -2.12. The molecule has 4 heteroatoms. The van der Waals surface area contributed by atoms with Gasteiger partial charge in [-0.15, -0.1) is 11.6 Å². The van der Waals surface area contributed by atoms with Crippen LogP contribution in [-0.4, -0.2) is 18.3 Å². The monoisotopic (exact) mass is 216 g/mol. The third-order valence-corrected chi connectivity index (χ3v) is 2.00. The predicted octanol–water partition coefficient (Wildman–Crippen LogP) is 2.64. The molecule has 0 fully saturated rings. The van der Waals surface area contributed by atoms with Crippen LogP contribution < -0.4 is 4.74 Å². The van der Waals surface area contributed by atoms with Crippen LogP contribution in [0.4, 0.5) is 4.39 Å². The minimum absolute atomic E-state index is 0.0509. The Morgan fingerprint density at radius 2 is 2.21 bits per heavy atom. The summed E-state index contributed by atoms with van der Waals surface area (Å²) < 4.78 is 17.9. The quantitative estimate of drug-likeness (QED) is 0.574. The summed E-state index contributed by atoms with van der Waals surface area (Å²) in [7, 11) is 1.31. The molecule has 14 heavy (non-hydrogen) atoms. The van der Waals surface area contributed by atoms with Gasteiger partial charge >= 0.3 is 0 Å². The van der Waals surface area contributed by atoms with E-state index in [1.807, 2.05) is 0 Å². The van der Waals surface area contributed by atoms with Crippen LogP contribution in [-0.2, 0) is 0 Å². The second-order valence-corrected chi connectivity index (χ2v) is 3.46. The molecule has 0 aliphatic heterocycles. The number of carbonyl (C=O) groups is 1. The Morgan fingerprint density at radius 1 is 1.57 bits per heavy atom. The first-order valence-electron chi connectivity index (χ1n) is 4.08. The topological polar surface area (TPSA) is 26.3 Å². The largest absolute Gasteiger partial charge is 0.493 e. The van der Waals surface area contributed by atoms with Crippen LogP contribution in [0.15, 0.2) is 18.2 Å². The molecular formula is C10H10ClFO2. The molecule has 0 saturated heterocycles. The van der Waals surface area contributed by atoms with Crippen LogP contribution in [0.1, 0.15) is 17.3 Å². The average Bonchev–Trinajstić information content (AvgIpc) is 2.16. The first-order valence-corrected chi connectivity index (χ1v) is 4.52. The van der Waals surface area contributed by atoms with Gasteiger partial charge in [0.25, 0.3) is 0 Å². The number of benzene rings is 1. The van der Waals surface area contributed by atoms with Gasteiger partial charge in [-0.3, -0.25) is 4.79 Å². The molecule has 0 bridgehead atoms.